The Kier molecular flexibility index (Phi) is 6.54. The highest BCUT2D eigenvalue weighted by Gasteiger charge is 2.15. The summed E-state index contributed by atoms with van der Waals surface area (Å²) in [6.45, 7) is 2.32. The van der Waals surface area contributed by atoms with Gasteiger partial charge >= 0.3 is 0 Å². The molecule has 1 aromatic carbocycles. The number of benzene rings is 1. The number of thioether (sulfide) groups is 1. The molecule has 3 nitrogen and oxygen atoms in total. The molecule has 5 heteroatoms. The second-order valence-corrected chi connectivity index (χ2v) is 5.52. The van der Waals surface area contributed by atoms with E-state index >= 15 is 0 Å². The zero-order valence-electron chi connectivity index (χ0n) is 10.8. The maximum absolute atomic E-state index is 11.7. The highest BCUT2D eigenvalue weighted by atomic mass is 35.5. The SMILES string of the molecule is CO[C@H](CNC(=O)[C@@H](C)SC)c1cccc(Cl)c1. The molecule has 0 spiro atoms. The van der Waals surface area contributed by atoms with Gasteiger partial charge in [0.2, 0.25) is 5.91 Å². The summed E-state index contributed by atoms with van der Waals surface area (Å²) >= 11 is 7.45. The quantitative estimate of drug-likeness (QED) is 0.874. The van der Waals surface area contributed by atoms with Crippen LogP contribution in [-0.2, 0) is 9.53 Å². The van der Waals surface area contributed by atoms with Crippen LogP contribution in [0, 0.1) is 0 Å². The van der Waals surface area contributed by atoms with Crippen molar-refractivity contribution in [2.45, 2.75) is 18.3 Å². The molecule has 0 aliphatic heterocycles. The van der Waals surface area contributed by atoms with Crippen LogP contribution in [0.25, 0.3) is 0 Å². The maximum Gasteiger partial charge on any atom is 0.232 e. The molecule has 0 radical (unpaired) electrons. The summed E-state index contributed by atoms with van der Waals surface area (Å²) in [5, 5.41) is 3.49. The van der Waals surface area contributed by atoms with Gasteiger partial charge in [0.15, 0.2) is 0 Å². The Labute approximate surface area is 117 Å². The molecule has 0 aliphatic rings. The summed E-state index contributed by atoms with van der Waals surface area (Å²) in [6.07, 6.45) is 1.73. The molecular weight excluding hydrogens is 270 g/mol. The summed E-state index contributed by atoms with van der Waals surface area (Å²) in [7, 11) is 1.62. The molecular formula is C13H18ClNO2S. The van der Waals surface area contributed by atoms with Crippen LogP contribution >= 0.6 is 23.4 Å². The third-order valence-electron chi connectivity index (χ3n) is 2.69. The lowest BCUT2D eigenvalue weighted by Gasteiger charge is -2.18. The lowest BCUT2D eigenvalue weighted by atomic mass is 10.1. The minimum atomic E-state index is -0.179. The van der Waals surface area contributed by atoms with Crippen LogP contribution in [0.5, 0.6) is 0 Å². The first-order valence-corrected chi connectivity index (χ1v) is 7.33. The van der Waals surface area contributed by atoms with Gasteiger partial charge in [-0.3, -0.25) is 4.79 Å². The van der Waals surface area contributed by atoms with E-state index in [1.54, 1.807) is 7.11 Å². The predicted molar refractivity (Wildman–Crippen MR) is 77.2 cm³/mol. The van der Waals surface area contributed by atoms with Gasteiger partial charge in [-0.05, 0) is 30.9 Å². The summed E-state index contributed by atoms with van der Waals surface area (Å²) in [5.41, 5.74) is 0.960. The third kappa shape index (κ3) is 4.52. The fourth-order valence-corrected chi connectivity index (χ4v) is 1.98. The average Bonchev–Trinajstić information content (AvgIpc) is 2.38. The summed E-state index contributed by atoms with van der Waals surface area (Å²) in [6, 6.07) is 7.46. The lowest BCUT2D eigenvalue weighted by molar-refractivity contribution is -0.120. The molecule has 0 saturated carbocycles. The van der Waals surface area contributed by atoms with Crippen LogP contribution in [0.4, 0.5) is 0 Å². The Bertz CT molecular complexity index is 400. The molecule has 18 heavy (non-hydrogen) atoms. The molecule has 0 aliphatic carbocycles. The number of ether oxygens (including phenoxy) is 1. The van der Waals surface area contributed by atoms with E-state index in [9.17, 15) is 4.79 Å². The number of nitrogens with one attached hydrogen (secondary N) is 1. The first-order valence-electron chi connectivity index (χ1n) is 5.67. The Balaban J connectivity index is 2.60. The first-order chi connectivity index (χ1) is 8.58. The second kappa shape index (κ2) is 7.67. The largest absolute Gasteiger partial charge is 0.375 e. The maximum atomic E-state index is 11.7. The van der Waals surface area contributed by atoms with Crippen molar-refractivity contribution in [1.29, 1.82) is 0 Å². The highest BCUT2D eigenvalue weighted by Crippen LogP contribution is 2.19. The monoisotopic (exact) mass is 287 g/mol. The van der Waals surface area contributed by atoms with Gasteiger partial charge in [-0.15, -0.1) is 0 Å². The van der Waals surface area contributed by atoms with Gasteiger partial charge in [-0.25, -0.2) is 0 Å². The third-order valence-corrected chi connectivity index (χ3v) is 3.85. The van der Waals surface area contributed by atoms with E-state index in [-0.39, 0.29) is 17.3 Å². The van der Waals surface area contributed by atoms with Gasteiger partial charge in [-0.2, -0.15) is 11.8 Å². The first kappa shape index (κ1) is 15.3. The van der Waals surface area contributed by atoms with E-state index < -0.39 is 0 Å². The Morgan fingerprint density at radius 3 is 2.83 bits per heavy atom. The topological polar surface area (TPSA) is 38.3 Å². The fraction of sp³-hybridized carbons (Fsp3) is 0.462. The summed E-state index contributed by atoms with van der Waals surface area (Å²) in [5.74, 6) is 0.0200. The van der Waals surface area contributed by atoms with Crippen LogP contribution in [-0.4, -0.2) is 31.1 Å². The summed E-state index contributed by atoms with van der Waals surface area (Å²) in [4.78, 5) is 11.7. The van der Waals surface area contributed by atoms with Crippen LogP contribution in [0.15, 0.2) is 24.3 Å². The standard InChI is InChI=1S/C13H18ClNO2S/c1-9(18-3)13(16)15-8-12(17-2)10-5-4-6-11(14)7-10/h4-7,9,12H,8H2,1-3H3,(H,15,16)/t9-,12-/m1/s1. The number of halogens is 1. The summed E-state index contributed by atoms with van der Waals surface area (Å²) < 4.78 is 5.37. The normalized spacial score (nSPS) is 14.0. The van der Waals surface area contributed by atoms with Gasteiger partial charge in [0, 0.05) is 18.7 Å². The van der Waals surface area contributed by atoms with Crippen LogP contribution in [0.2, 0.25) is 5.02 Å². The van der Waals surface area contributed by atoms with E-state index in [1.165, 1.54) is 11.8 Å². The Hall–Kier alpha value is -0.710. The van der Waals surface area contributed by atoms with Gasteiger partial charge in [-0.1, -0.05) is 23.7 Å². The van der Waals surface area contributed by atoms with Gasteiger partial charge < -0.3 is 10.1 Å². The Morgan fingerprint density at radius 1 is 1.56 bits per heavy atom. The minimum absolute atomic E-state index is 0.0200. The van der Waals surface area contributed by atoms with Crippen LogP contribution < -0.4 is 5.32 Å². The molecule has 0 bridgehead atoms. The molecule has 0 fully saturated rings. The van der Waals surface area contributed by atoms with Gasteiger partial charge in [0.05, 0.1) is 11.4 Å². The van der Waals surface area contributed by atoms with Crippen molar-refractivity contribution >= 4 is 29.3 Å². The van der Waals surface area contributed by atoms with Crippen molar-refractivity contribution in [3.63, 3.8) is 0 Å². The van der Waals surface area contributed by atoms with Crippen LogP contribution in [0.3, 0.4) is 0 Å². The van der Waals surface area contributed by atoms with Gasteiger partial charge in [0.25, 0.3) is 0 Å². The molecule has 0 saturated heterocycles. The number of rotatable bonds is 6. The van der Waals surface area contributed by atoms with Crippen molar-refractivity contribution in [2.75, 3.05) is 19.9 Å². The highest BCUT2D eigenvalue weighted by molar-refractivity contribution is 7.99. The Morgan fingerprint density at radius 2 is 2.28 bits per heavy atom. The predicted octanol–water partition coefficient (Wildman–Crippen LogP) is 2.90. The number of methoxy groups -OCH3 is 1. The smallest absolute Gasteiger partial charge is 0.232 e. The number of hydrogen-bond acceptors (Lipinski definition) is 3. The molecule has 1 N–H and O–H groups in total. The molecule has 0 aromatic heterocycles. The van der Waals surface area contributed by atoms with E-state index in [0.29, 0.717) is 11.6 Å². The molecule has 1 rings (SSSR count). The van der Waals surface area contributed by atoms with Crippen molar-refractivity contribution in [1.82, 2.24) is 5.32 Å². The number of hydrogen-bond donors (Lipinski definition) is 1. The zero-order valence-corrected chi connectivity index (χ0v) is 12.3. The molecule has 0 unspecified atom stereocenters. The van der Waals surface area contributed by atoms with Crippen molar-refractivity contribution < 1.29 is 9.53 Å². The van der Waals surface area contributed by atoms with E-state index in [2.05, 4.69) is 5.32 Å². The minimum Gasteiger partial charge on any atom is -0.375 e. The molecule has 2 atom stereocenters. The van der Waals surface area contributed by atoms with E-state index in [1.807, 2.05) is 37.4 Å². The van der Waals surface area contributed by atoms with Crippen LogP contribution in [0.1, 0.15) is 18.6 Å². The number of amides is 1. The van der Waals surface area contributed by atoms with Crippen molar-refractivity contribution in [3.8, 4) is 0 Å². The fourth-order valence-electron chi connectivity index (χ4n) is 1.49. The average molecular weight is 288 g/mol. The van der Waals surface area contributed by atoms with E-state index in [4.69, 9.17) is 16.3 Å². The molecule has 0 heterocycles. The van der Waals surface area contributed by atoms with E-state index in [0.717, 1.165) is 5.56 Å². The zero-order chi connectivity index (χ0) is 13.5. The van der Waals surface area contributed by atoms with Crippen molar-refractivity contribution in [3.05, 3.63) is 34.9 Å². The number of carbonyl (C=O) groups is 1. The number of carbonyl (C=O) groups excluding carboxylic acids is 1. The molecule has 100 valence electrons. The molecule has 1 aromatic rings. The van der Waals surface area contributed by atoms with Crippen molar-refractivity contribution in [2.24, 2.45) is 0 Å². The second-order valence-electron chi connectivity index (χ2n) is 3.90. The molecule has 1 amide bonds. The lowest BCUT2D eigenvalue weighted by Crippen LogP contribution is -2.34. The van der Waals surface area contributed by atoms with Gasteiger partial charge in [0.1, 0.15) is 0 Å².